The van der Waals surface area contributed by atoms with Crippen LogP contribution in [0.5, 0.6) is 0 Å². The van der Waals surface area contributed by atoms with Crippen molar-refractivity contribution in [1.29, 1.82) is 0 Å². The molecule has 2 N–H and O–H groups in total. The van der Waals surface area contributed by atoms with Gasteiger partial charge in [-0.15, -0.1) is 12.4 Å². The van der Waals surface area contributed by atoms with Gasteiger partial charge < -0.3 is 10.6 Å². The van der Waals surface area contributed by atoms with Gasteiger partial charge in [-0.3, -0.25) is 4.79 Å². The molecule has 1 aliphatic heterocycles. The normalized spacial score (nSPS) is 17.9. The van der Waals surface area contributed by atoms with Gasteiger partial charge in [0.05, 0.1) is 0 Å². The second kappa shape index (κ2) is 7.51. The Kier molecular flexibility index (Phi) is 6.32. The van der Waals surface area contributed by atoms with E-state index < -0.39 is 0 Å². The molecule has 0 aliphatic carbocycles. The molecule has 1 unspecified atom stereocenters. The summed E-state index contributed by atoms with van der Waals surface area (Å²) >= 11 is 0. The monoisotopic (exact) mass is 282 g/mol. The van der Waals surface area contributed by atoms with E-state index in [1.807, 2.05) is 18.2 Å². The third-order valence-electron chi connectivity index (χ3n) is 3.67. The first-order chi connectivity index (χ1) is 8.65. The summed E-state index contributed by atoms with van der Waals surface area (Å²) in [7, 11) is 0. The summed E-state index contributed by atoms with van der Waals surface area (Å²) in [5.74, 6) is 0.118. The van der Waals surface area contributed by atoms with Gasteiger partial charge in [0.25, 0.3) is 0 Å². The van der Waals surface area contributed by atoms with Crippen LogP contribution in [-0.2, 0) is 4.79 Å². The molecule has 1 saturated heterocycles. The topological polar surface area (TPSA) is 41.1 Å². The van der Waals surface area contributed by atoms with Crippen molar-refractivity contribution in [2.24, 2.45) is 0 Å². The van der Waals surface area contributed by atoms with Crippen molar-refractivity contribution in [1.82, 2.24) is 5.32 Å². The Hall–Kier alpha value is -1.06. The molecule has 0 aromatic heterocycles. The molecule has 19 heavy (non-hydrogen) atoms. The van der Waals surface area contributed by atoms with Crippen molar-refractivity contribution in [3.63, 3.8) is 0 Å². The lowest BCUT2D eigenvalue weighted by atomic mass is 10.1. The molecule has 1 atom stereocenters. The van der Waals surface area contributed by atoms with E-state index in [2.05, 4.69) is 24.5 Å². The lowest BCUT2D eigenvalue weighted by Gasteiger charge is -2.11. The Morgan fingerprint density at radius 1 is 1.37 bits per heavy atom. The molecular formula is C15H23ClN2O. The van der Waals surface area contributed by atoms with Crippen LogP contribution in [0.1, 0.15) is 36.8 Å². The van der Waals surface area contributed by atoms with Crippen LogP contribution in [0.25, 0.3) is 0 Å². The summed E-state index contributed by atoms with van der Waals surface area (Å²) in [6, 6.07) is 6.58. The number of benzene rings is 1. The van der Waals surface area contributed by atoms with Gasteiger partial charge in [-0.2, -0.15) is 0 Å². The Bertz CT molecular complexity index is 428. The number of nitrogens with one attached hydrogen (secondary N) is 2. The Balaban J connectivity index is 0.00000180. The molecule has 0 bridgehead atoms. The molecule has 2 rings (SSSR count). The number of amides is 1. The first kappa shape index (κ1) is 16.0. The van der Waals surface area contributed by atoms with E-state index in [0.717, 1.165) is 18.7 Å². The largest absolute Gasteiger partial charge is 0.326 e. The van der Waals surface area contributed by atoms with Gasteiger partial charge in [0.15, 0.2) is 0 Å². The van der Waals surface area contributed by atoms with E-state index in [1.54, 1.807) is 0 Å². The average Bonchev–Trinajstić information content (AvgIpc) is 2.84. The van der Waals surface area contributed by atoms with Gasteiger partial charge in [-0.1, -0.05) is 6.07 Å². The highest BCUT2D eigenvalue weighted by Crippen LogP contribution is 2.15. The molecule has 106 valence electrons. The molecule has 3 nitrogen and oxygen atoms in total. The molecule has 0 radical (unpaired) electrons. The molecule has 1 aromatic carbocycles. The first-order valence-electron chi connectivity index (χ1n) is 6.75. The van der Waals surface area contributed by atoms with Gasteiger partial charge in [0, 0.05) is 18.2 Å². The van der Waals surface area contributed by atoms with Crippen LogP contribution < -0.4 is 10.6 Å². The number of rotatable bonds is 4. The number of aryl methyl sites for hydroxylation is 2. The van der Waals surface area contributed by atoms with E-state index in [0.29, 0.717) is 12.5 Å². The molecule has 0 saturated carbocycles. The Labute approximate surface area is 121 Å². The maximum Gasteiger partial charge on any atom is 0.224 e. The summed E-state index contributed by atoms with van der Waals surface area (Å²) in [6.07, 6.45) is 3.99. The van der Waals surface area contributed by atoms with Crippen LogP contribution in [0.4, 0.5) is 5.69 Å². The highest BCUT2D eigenvalue weighted by molar-refractivity contribution is 5.90. The summed E-state index contributed by atoms with van der Waals surface area (Å²) in [5, 5.41) is 6.38. The number of anilines is 1. The van der Waals surface area contributed by atoms with Crippen LogP contribution >= 0.6 is 12.4 Å². The summed E-state index contributed by atoms with van der Waals surface area (Å²) in [4.78, 5) is 11.8. The van der Waals surface area contributed by atoms with E-state index >= 15 is 0 Å². The highest BCUT2D eigenvalue weighted by Gasteiger charge is 2.15. The molecular weight excluding hydrogens is 260 g/mol. The van der Waals surface area contributed by atoms with Crippen molar-refractivity contribution in [2.75, 3.05) is 11.9 Å². The number of carbonyl (C=O) groups is 1. The molecule has 1 aromatic rings. The fourth-order valence-electron chi connectivity index (χ4n) is 2.35. The minimum absolute atomic E-state index is 0. The summed E-state index contributed by atoms with van der Waals surface area (Å²) in [6.45, 7) is 5.24. The zero-order valence-electron chi connectivity index (χ0n) is 11.7. The van der Waals surface area contributed by atoms with Gasteiger partial charge in [0.2, 0.25) is 5.91 Å². The van der Waals surface area contributed by atoms with Crippen LogP contribution in [0.15, 0.2) is 18.2 Å². The second-order valence-corrected chi connectivity index (χ2v) is 5.18. The highest BCUT2D eigenvalue weighted by atomic mass is 35.5. The molecule has 4 heteroatoms. The fraction of sp³-hybridized carbons (Fsp3) is 0.533. The molecule has 0 spiro atoms. The van der Waals surface area contributed by atoms with E-state index in [4.69, 9.17) is 0 Å². The quantitative estimate of drug-likeness (QED) is 0.890. The van der Waals surface area contributed by atoms with Crippen LogP contribution in [0, 0.1) is 13.8 Å². The van der Waals surface area contributed by atoms with Crippen LogP contribution in [-0.4, -0.2) is 18.5 Å². The predicted octanol–water partition coefficient (Wildman–Crippen LogP) is 3.20. The third kappa shape index (κ3) is 4.84. The van der Waals surface area contributed by atoms with Crippen molar-refractivity contribution in [3.8, 4) is 0 Å². The fourth-order valence-corrected chi connectivity index (χ4v) is 2.35. The number of carbonyl (C=O) groups excluding carboxylic acids is 1. The Morgan fingerprint density at radius 3 is 2.79 bits per heavy atom. The van der Waals surface area contributed by atoms with Crippen molar-refractivity contribution in [2.45, 2.75) is 45.6 Å². The number of halogens is 1. The SMILES string of the molecule is Cc1ccc(NC(=O)CCC2CCCN2)cc1C.Cl. The maximum absolute atomic E-state index is 11.8. The van der Waals surface area contributed by atoms with Crippen molar-refractivity contribution < 1.29 is 4.79 Å². The molecule has 1 fully saturated rings. The van der Waals surface area contributed by atoms with E-state index in [9.17, 15) is 4.79 Å². The molecule has 1 amide bonds. The minimum Gasteiger partial charge on any atom is -0.326 e. The van der Waals surface area contributed by atoms with E-state index in [1.165, 1.54) is 24.0 Å². The van der Waals surface area contributed by atoms with Crippen LogP contribution in [0.3, 0.4) is 0 Å². The smallest absolute Gasteiger partial charge is 0.224 e. The Morgan fingerprint density at radius 2 is 2.16 bits per heavy atom. The second-order valence-electron chi connectivity index (χ2n) is 5.18. The lowest BCUT2D eigenvalue weighted by molar-refractivity contribution is -0.116. The van der Waals surface area contributed by atoms with E-state index in [-0.39, 0.29) is 18.3 Å². The average molecular weight is 283 g/mol. The zero-order valence-corrected chi connectivity index (χ0v) is 12.5. The zero-order chi connectivity index (χ0) is 13.0. The lowest BCUT2D eigenvalue weighted by Crippen LogP contribution is -2.23. The van der Waals surface area contributed by atoms with Gasteiger partial charge in [-0.25, -0.2) is 0 Å². The standard InChI is InChI=1S/C15H22N2O.ClH/c1-11-5-6-14(10-12(11)2)17-15(18)8-7-13-4-3-9-16-13;/h5-6,10,13,16H,3-4,7-9H2,1-2H3,(H,17,18);1H. The van der Waals surface area contributed by atoms with Crippen molar-refractivity contribution in [3.05, 3.63) is 29.3 Å². The molecule has 1 aliphatic rings. The van der Waals surface area contributed by atoms with Crippen LogP contribution in [0.2, 0.25) is 0 Å². The first-order valence-corrected chi connectivity index (χ1v) is 6.75. The maximum atomic E-state index is 11.8. The summed E-state index contributed by atoms with van der Waals surface area (Å²) in [5.41, 5.74) is 3.37. The van der Waals surface area contributed by atoms with Gasteiger partial charge >= 0.3 is 0 Å². The van der Waals surface area contributed by atoms with Gasteiger partial charge in [0.1, 0.15) is 0 Å². The van der Waals surface area contributed by atoms with Gasteiger partial charge in [-0.05, 0) is 62.9 Å². The molecule has 1 heterocycles. The summed E-state index contributed by atoms with van der Waals surface area (Å²) < 4.78 is 0. The third-order valence-corrected chi connectivity index (χ3v) is 3.67. The number of hydrogen-bond donors (Lipinski definition) is 2. The predicted molar refractivity (Wildman–Crippen MR) is 82.1 cm³/mol. The van der Waals surface area contributed by atoms with Crippen molar-refractivity contribution >= 4 is 24.0 Å². The minimum atomic E-state index is 0. The number of hydrogen-bond acceptors (Lipinski definition) is 2.